The highest BCUT2D eigenvalue weighted by Gasteiger charge is 2.28. The smallest absolute Gasteiger partial charge is 0.224 e. The highest BCUT2D eigenvalue weighted by Crippen LogP contribution is 2.23. The Kier molecular flexibility index (Phi) is 8.60. The number of nitrogens with one attached hydrogen (secondary N) is 1. The molecule has 2 saturated heterocycles. The summed E-state index contributed by atoms with van der Waals surface area (Å²) in [5, 5.41) is 3.39. The van der Waals surface area contributed by atoms with Crippen LogP contribution in [0.25, 0.3) is 0 Å². The van der Waals surface area contributed by atoms with Gasteiger partial charge in [-0.25, -0.2) is 0 Å². The van der Waals surface area contributed by atoms with Crippen molar-refractivity contribution in [2.45, 2.75) is 64.5 Å². The monoisotopic (exact) mass is 318 g/mol. The Labute approximate surface area is 135 Å². The Balaban J connectivity index is 0.00000220. The van der Waals surface area contributed by atoms with Gasteiger partial charge in [0, 0.05) is 31.6 Å². The van der Waals surface area contributed by atoms with E-state index in [1.54, 1.807) is 0 Å². The minimum absolute atomic E-state index is 0. The highest BCUT2D eigenvalue weighted by molar-refractivity contribution is 5.85. The zero-order valence-electron chi connectivity index (χ0n) is 13.5. The fourth-order valence-corrected chi connectivity index (χ4v) is 3.37. The Hall–Kier alpha value is -0.320. The van der Waals surface area contributed by atoms with Crippen molar-refractivity contribution in [1.29, 1.82) is 0 Å². The molecule has 124 valence electrons. The second-order valence-electron chi connectivity index (χ2n) is 6.65. The average molecular weight is 319 g/mol. The fourth-order valence-electron chi connectivity index (χ4n) is 3.37. The number of morpholine rings is 1. The highest BCUT2D eigenvalue weighted by atomic mass is 35.5. The second-order valence-corrected chi connectivity index (χ2v) is 6.65. The van der Waals surface area contributed by atoms with Crippen LogP contribution < -0.4 is 5.32 Å². The first kappa shape index (κ1) is 18.7. The van der Waals surface area contributed by atoms with Gasteiger partial charge in [0.1, 0.15) is 0 Å². The van der Waals surface area contributed by atoms with E-state index in [1.807, 2.05) is 0 Å². The van der Waals surface area contributed by atoms with Crippen molar-refractivity contribution in [2.75, 3.05) is 26.3 Å². The molecule has 2 aliphatic heterocycles. The van der Waals surface area contributed by atoms with Crippen LogP contribution in [0.2, 0.25) is 0 Å². The van der Waals surface area contributed by atoms with Crippen LogP contribution in [0.3, 0.4) is 0 Å². The van der Waals surface area contributed by atoms with Gasteiger partial charge >= 0.3 is 0 Å². The van der Waals surface area contributed by atoms with Crippen LogP contribution in [-0.2, 0) is 9.53 Å². The average Bonchev–Trinajstić information content (AvgIpc) is 2.64. The molecule has 0 aromatic heterocycles. The van der Waals surface area contributed by atoms with Crippen LogP contribution in [-0.4, -0.2) is 49.2 Å². The maximum Gasteiger partial charge on any atom is 0.224 e. The normalized spacial score (nSPS) is 27.1. The van der Waals surface area contributed by atoms with Crippen molar-refractivity contribution in [3.05, 3.63) is 0 Å². The molecular weight excluding hydrogens is 288 g/mol. The number of rotatable bonds is 4. The van der Waals surface area contributed by atoms with E-state index in [0.717, 1.165) is 32.5 Å². The molecule has 21 heavy (non-hydrogen) atoms. The summed E-state index contributed by atoms with van der Waals surface area (Å²) in [6, 6.07) is 0.661. The van der Waals surface area contributed by atoms with Gasteiger partial charge in [-0.3, -0.25) is 4.79 Å². The van der Waals surface area contributed by atoms with Crippen molar-refractivity contribution in [2.24, 2.45) is 5.92 Å². The topological polar surface area (TPSA) is 41.6 Å². The van der Waals surface area contributed by atoms with Gasteiger partial charge in [-0.2, -0.15) is 0 Å². The summed E-state index contributed by atoms with van der Waals surface area (Å²) in [7, 11) is 0. The lowest BCUT2D eigenvalue weighted by atomic mass is 9.98. The third kappa shape index (κ3) is 6.13. The number of halogens is 1. The number of likely N-dealkylation sites (tertiary alicyclic amines) is 1. The van der Waals surface area contributed by atoms with Crippen molar-refractivity contribution >= 4 is 18.3 Å². The Morgan fingerprint density at radius 3 is 2.81 bits per heavy atom. The van der Waals surface area contributed by atoms with Gasteiger partial charge in [0.25, 0.3) is 0 Å². The molecule has 2 aliphatic rings. The van der Waals surface area contributed by atoms with Crippen molar-refractivity contribution < 1.29 is 9.53 Å². The molecule has 2 atom stereocenters. The van der Waals surface area contributed by atoms with E-state index >= 15 is 0 Å². The van der Waals surface area contributed by atoms with Crippen LogP contribution >= 0.6 is 12.4 Å². The molecule has 1 N–H and O–H groups in total. The first-order valence-electron chi connectivity index (χ1n) is 8.27. The largest absolute Gasteiger partial charge is 0.378 e. The summed E-state index contributed by atoms with van der Waals surface area (Å²) in [5.74, 6) is 0.977. The van der Waals surface area contributed by atoms with E-state index in [2.05, 4.69) is 24.1 Å². The van der Waals surface area contributed by atoms with E-state index in [1.165, 1.54) is 19.3 Å². The van der Waals surface area contributed by atoms with Gasteiger partial charge in [0.15, 0.2) is 0 Å². The van der Waals surface area contributed by atoms with Gasteiger partial charge in [-0.15, -0.1) is 12.4 Å². The molecule has 2 fully saturated rings. The zero-order chi connectivity index (χ0) is 14.4. The van der Waals surface area contributed by atoms with Crippen LogP contribution in [0.1, 0.15) is 52.4 Å². The van der Waals surface area contributed by atoms with E-state index in [9.17, 15) is 4.79 Å². The van der Waals surface area contributed by atoms with E-state index in [4.69, 9.17) is 4.74 Å². The molecular formula is C16H31ClN2O2. The van der Waals surface area contributed by atoms with Crippen LogP contribution in [0.4, 0.5) is 0 Å². The molecule has 4 nitrogen and oxygen atoms in total. The molecule has 2 rings (SSSR count). The van der Waals surface area contributed by atoms with Crippen molar-refractivity contribution in [3.63, 3.8) is 0 Å². The number of ether oxygens (including phenoxy) is 1. The molecule has 0 aromatic carbocycles. The quantitative estimate of drug-likeness (QED) is 0.866. The summed E-state index contributed by atoms with van der Waals surface area (Å²) >= 11 is 0. The summed E-state index contributed by atoms with van der Waals surface area (Å²) in [6.07, 6.45) is 6.61. The molecule has 5 heteroatoms. The van der Waals surface area contributed by atoms with E-state index in [-0.39, 0.29) is 18.4 Å². The molecule has 2 heterocycles. The number of hydrogen-bond donors (Lipinski definition) is 1. The molecule has 0 aromatic rings. The first-order valence-corrected chi connectivity index (χ1v) is 8.27. The molecule has 2 unspecified atom stereocenters. The predicted octanol–water partition coefficient (Wildman–Crippen LogP) is 2.60. The van der Waals surface area contributed by atoms with Gasteiger partial charge < -0.3 is 15.0 Å². The third-order valence-electron chi connectivity index (χ3n) is 4.36. The van der Waals surface area contributed by atoms with E-state index < -0.39 is 0 Å². The summed E-state index contributed by atoms with van der Waals surface area (Å²) in [5.41, 5.74) is 0. The first-order chi connectivity index (χ1) is 9.66. The Bertz CT molecular complexity index is 307. The molecule has 0 radical (unpaired) electrons. The number of nitrogens with zero attached hydrogens (tertiary/aromatic N) is 1. The van der Waals surface area contributed by atoms with Crippen molar-refractivity contribution in [1.82, 2.24) is 10.2 Å². The van der Waals surface area contributed by atoms with Crippen LogP contribution in [0, 0.1) is 5.92 Å². The summed E-state index contributed by atoms with van der Waals surface area (Å²) in [4.78, 5) is 14.8. The fraction of sp³-hybridized carbons (Fsp3) is 0.938. The molecule has 1 amide bonds. The number of carbonyl (C=O) groups excluding carboxylic acids is 1. The van der Waals surface area contributed by atoms with Gasteiger partial charge in [-0.1, -0.05) is 26.7 Å². The van der Waals surface area contributed by atoms with Gasteiger partial charge in [0.2, 0.25) is 5.91 Å². The number of hydrogen-bond acceptors (Lipinski definition) is 3. The lowest BCUT2D eigenvalue weighted by molar-refractivity contribution is -0.135. The van der Waals surface area contributed by atoms with Gasteiger partial charge in [-0.05, 0) is 25.2 Å². The van der Waals surface area contributed by atoms with Crippen LogP contribution in [0.15, 0.2) is 0 Å². The molecule has 0 aliphatic carbocycles. The maximum atomic E-state index is 12.6. The maximum absolute atomic E-state index is 12.6. The molecule has 0 saturated carbocycles. The Morgan fingerprint density at radius 2 is 2.14 bits per heavy atom. The van der Waals surface area contributed by atoms with E-state index in [0.29, 0.717) is 30.9 Å². The minimum Gasteiger partial charge on any atom is -0.378 e. The standard InChI is InChI=1S/C16H30N2O2.ClH/c1-13(2)10-15-6-4-3-5-8-18(15)16(19)11-14-12-20-9-7-17-14;/h13-15,17H,3-12H2,1-2H3;1H. The summed E-state index contributed by atoms with van der Waals surface area (Å²) in [6.45, 7) is 7.77. The molecule has 0 spiro atoms. The Morgan fingerprint density at radius 1 is 1.33 bits per heavy atom. The molecule has 0 bridgehead atoms. The second kappa shape index (κ2) is 9.65. The van der Waals surface area contributed by atoms with Crippen molar-refractivity contribution in [3.8, 4) is 0 Å². The van der Waals surface area contributed by atoms with Gasteiger partial charge in [0.05, 0.1) is 13.2 Å². The van der Waals surface area contributed by atoms with Crippen LogP contribution in [0.5, 0.6) is 0 Å². The SMILES string of the molecule is CC(C)CC1CCCCCN1C(=O)CC1COCCN1.Cl. The summed E-state index contributed by atoms with van der Waals surface area (Å²) < 4.78 is 5.45. The lowest BCUT2D eigenvalue weighted by Gasteiger charge is -2.33. The lowest BCUT2D eigenvalue weighted by Crippen LogP contribution is -2.47. The predicted molar refractivity (Wildman–Crippen MR) is 87.9 cm³/mol. The number of carbonyl (C=O) groups is 1. The zero-order valence-corrected chi connectivity index (χ0v) is 14.3. The third-order valence-corrected chi connectivity index (χ3v) is 4.36. The number of amides is 1. The minimum atomic E-state index is 0.